The Balaban J connectivity index is 1.88. The number of nitrogens with zero attached hydrogens (tertiary/aromatic N) is 2. The smallest absolute Gasteiger partial charge is 0.209 e. The van der Waals surface area contributed by atoms with E-state index in [1.807, 2.05) is 48.0 Å². The third kappa shape index (κ3) is 3.31. The summed E-state index contributed by atoms with van der Waals surface area (Å²) in [7, 11) is 3.47. The van der Waals surface area contributed by atoms with Crippen molar-refractivity contribution in [3.05, 3.63) is 88.7 Å². The molecule has 0 aliphatic heterocycles. The molecule has 0 saturated carbocycles. The van der Waals surface area contributed by atoms with E-state index in [-0.39, 0.29) is 5.78 Å². The molecule has 0 amide bonds. The van der Waals surface area contributed by atoms with Crippen LogP contribution >= 0.6 is 0 Å². The minimum absolute atomic E-state index is 0.0371. The molecule has 1 heterocycles. The average molecular weight is 330 g/mol. The molecule has 2 aromatic carbocycles. The van der Waals surface area contributed by atoms with Crippen molar-refractivity contribution in [2.24, 2.45) is 7.05 Å². The molecule has 3 rings (SSSR count). The second-order valence-electron chi connectivity index (χ2n) is 5.77. The zero-order chi connectivity index (χ0) is 17.8. The number of hydrogen-bond acceptors (Lipinski definition) is 3. The van der Waals surface area contributed by atoms with Crippen LogP contribution in [-0.4, -0.2) is 17.5 Å². The van der Waals surface area contributed by atoms with E-state index in [0.29, 0.717) is 23.2 Å². The molecule has 0 bridgehead atoms. The van der Waals surface area contributed by atoms with Gasteiger partial charge in [0, 0.05) is 24.7 Å². The van der Waals surface area contributed by atoms with E-state index < -0.39 is 0 Å². The Hall–Kier alpha value is -3.32. The monoisotopic (exact) mass is 330 g/mol. The van der Waals surface area contributed by atoms with E-state index in [2.05, 4.69) is 6.07 Å². The molecule has 124 valence electrons. The first-order valence-corrected chi connectivity index (χ1v) is 7.95. The fourth-order valence-electron chi connectivity index (χ4n) is 2.83. The van der Waals surface area contributed by atoms with Gasteiger partial charge in [-0.25, -0.2) is 0 Å². The summed E-state index contributed by atoms with van der Waals surface area (Å²) >= 11 is 0. The first-order chi connectivity index (χ1) is 12.1. The van der Waals surface area contributed by atoms with Crippen LogP contribution in [0.5, 0.6) is 5.75 Å². The van der Waals surface area contributed by atoms with Gasteiger partial charge in [-0.05, 0) is 48.0 Å². The predicted octanol–water partition coefficient (Wildman–Crippen LogP) is 3.73. The summed E-state index contributed by atoms with van der Waals surface area (Å²) in [5.74, 6) is 0.683. The lowest BCUT2D eigenvalue weighted by Crippen LogP contribution is -2.09. The van der Waals surface area contributed by atoms with Crippen LogP contribution in [0.15, 0.2) is 60.7 Å². The molecule has 1 aromatic heterocycles. The van der Waals surface area contributed by atoms with Gasteiger partial charge in [-0.15, -0.1) is 0 Å². The van der Waals surface area contributed by atoms with E-state index in [4.69, 9.17) is 4.74 Å². The first kappa shape index (κ1) is 16.5. The highest BCUT2D eigenvalue weighted by Gasteiger charge is 2.15. The summed E-state index contributed by atoms with van der Waals surface area (Å²) in [6, 6.07) is 20.6. The summed E-state index contributed by atoms with van der Waals surface area (Å²) in [4.78, 5) is 12.7. The minimum atomic E-state index is -0.0371. The molecule has 3 aromatic rings. The Morgan fingerprint density at radius 1 is 1.08 bits per heavy atom. The summed E-state index contributed by atoms with van der Waals surface area (Å²) in [5, 5.41) is 9.23. The van der Waals surface area contributed by atoms with Crippen LogP contribution < -0.4 is 4.74 Å². The normalized spacial score (nSPS) is 10.3. The average Bonchev–Trinajstić information content (AvgIpc) is 3.02. The molecule has 0 aliphatic carbocycles. The SMILES string of the molecule is COc1ccc(C(=O)c2ccc(Cc3ccccc3C#N)n2C)cc1. The Bertz CT molecular complexity index is 947. The van der Waals surface area contributed by atoms with E-state index in [9.17, 15) is 10.1 Å². The molecule has 0 fully saturated rings. The maximum atomic E-state index is 12.7. The lowest BCUT2D eigenvalue weighted by molar-refractivity contribution is 0.103. The van der Waals surface area contributed by atoms with Crippen LogP contribution in [0.3, 0.4) is 0 Å². The molecule has 0 atom stereocenters. The molecule has 25 heavy (non-hydrogen) atoms. The highest BCUT2D eigenvalue weighted by molar-refractivity contribution is 6.08. The van der Waals surface area contributed by atoms with E-state index >= 15 is 0 Å². The molecular weight excluding hydrogens is 312 g/mol. The number of ketones is 1. The number of hydrogen-bond donors (Lipinski definition) is 0. The van der Waals surface area contributed by atoms with Crippen LogP contribution in [0.4, 0.5) is 0 Å². The van der Waals surface area contributed by atoms with Crippen LogP contribution in [0.2, 0.25) is 0 Å². The number of nitriles is 1. The topological polar surface area (TPSA) is 55.0 Å². The number of carbonyl (C=O) groups is 1. The molecule has 4 nitrogen and oxygen atoms in total. The third-order valence-corrected chi connectivity index (χ3v) is 4.32. The van der Waals surface area contributed by atoms with Crippen LogP contribution in [0, 0.1) is 11.3 Å². The van der Waals surface area contributed by atoms with Crippen LogP contribution in [0.1, 0.15) is 32.9 Å². The van der Waals surface area contributed by atoms with Crippen molar-refractivity contribution < 1.29 is 9.53 Å². The van der Waals surface area contributed by atoms with Crippen molar-refractivity contribution in [3.63, 3.8) is 0 Å². The van der Waals surface area contributed by atoms with Gasteiger partial charge < -0.3 is 9.30 Å². The Morgan fingerprint density at radius 2 is 1.80 bits per heavy atom. The number of aromatic nitrogens is 1. The highest BCUT2D eigenvalue weighted by Crippen LogP contribution is 2.19. The standard InChI is InChI=1S/C21H18N2O2/c1-23-18(13-16-5-3-4-6-17(16)14-22)9-12-20(23)21(24)15-7-10-19(25-2)11-8-15/h3-12H,13H2,1-2H3. The summed E-state index contributed by atoms with van der Waals surface area (Å²) in [5.41, 5.74) is 3.83. The first-order valence-electron chi connectivity index (χ1n) is 7.95. The van der Waals surface area contributed by atoms with Gasteiger partial charge in [0.2, 0.25) is 5.78 Å². The van der Waals surface area contributed by atoms with Crippen molar-refractivity contribution >= 4 is 5.78 Å². The molecule has 4 heteroatoms. The van der Waals surface area contributed by atoms with Crippen molar-refractivity contribution in [1.29, 1.82) is 5.26 Å². The second kappa shape index (κ2) is 7.06. The molecular formula is C21H18N2O2. The van der Waals surface area contributed by atoms with Gasteiger partial charge in [-0.1, -0.05) is 18.2 Å². The lowest BCUT2D eigenvalue weighted by atomic mass is 10.0. The number of rotatable bonds is 5. The highest BCUT2D eigenvalue weighted by atomic mass is 16.5. The second-order valence-corrected chi connectivity index (χ2v) is 5.77. The quantitative estimate of drug-likeness (QED) is 0.670. The third-order valence-electron chi connectivity index (χ3n) is 4.32. The van der Waals surface area contributed by atoms with Crippen LogP contribution in [0.25, 0.3) is 0 Å². The Morgan fingerprint density at radius 3 is 2.48 bits per heavy atom. The van der Waals surface area contributed by atoms with Gasteiger partial charge >= 0.3 is 0 Å². The van der Waals surface area contributed by atoms with Gasteiger partial charge in [0.1, 0.15) is 5.75 Å². The van der Waals surface area contributed by atoms with Crippen molar-refractivity contribution in [1.82, 2.24) is 4.57 Å². The molecule has 0 saturated heterocycles. The Kier molecular flexibility index (Phi) is 4.67. The van der Waals surface area contributed by atoms with E-state index in [1.165, 1.54) is 0 Å². The molecule has 0 radical (unpaired) electrons. The van der Waals surface area contributed by atoms with Gasteiger partial charge in [0.15, 0.2) is 0 Å². The summed E-state index contributed by atoms with van der Waals surface area (Å²) < 4.78 is 7.02. The molecule has 0 spiro atoms. The number of carbonyl (C=O) groups excluding carboxylic acids is 1. The van der Waals surface area contributed by atoms with E-state index in [1.54, 1.807) is 31.4 Å². The van der Waals surface area contributed by atoms with Gasteiger partial charge in [-0.2, -0.15) is 5.26 Å². The maximum absolute atomic E-state index is 12.7. The maximum Gasteiger partial charge on any atom is 0.209 e. The molecule has 0 unspecified atom stereocenters. The van der Waals surface area contributed by atoms with Crippen LogP contribution in [-0.2, 0) is 13.5 Å². The van der Waals surface area contributed by atoms with E-state index in [0.717, 1.165) is 17.0 Å². The van der Waals surface area contributed by atoms with Crippen molar-refractivity contribution in [3.8, 4) is 11.8 Å². The zero-order valence-corrected chi connectivity index (χ0v) is 14.2. The Labute approximate surface area is 146 Å². The fourth-order valence-corrected chi connectivity index (χ4v) is 2.83. The number of benzene rings is 2. The number of ether oxygens (including phenoxy) is 1. The zero-order valence-electron chi connectivity index (χ0n) is 14.2. The van der Waals surface area contributed by atoms with Crippen molar-refractivity contribution in [2.45, 2.75) is 6.42 Å². The van der Waals surface area contributed by atoms with Gasteiger partial charge in [0.25, 0.3) is 0 Å². The van der Waals surface area contributed by atoms with Gasteiger partial charge in [0.05, 0.1) is 24.4 Å². The fraction of sp³-hybridized carbons (Fsp3) is 0.143. The van der Waals surface area contributed by atoms with Crippen molar-refractivity contribution in [2.75, 3.05) is 7.11 Å². The largest absolute Gasteiger partial charge is 0.497 e. The molecule has 0 N–H and O–H groups in total. The minimum Gasteiger partial charge on any atom is -0.497 e. The summed E-state index contributed by atoms with van der Waals surface area (Å²) in [6.45, 7) is 0. The molecule has 0 aliphatic rings. The lowest BCUT2D eigenvalue weighted by Gasteiger charge is -2.09. The predicted molar refractivity (Wildman–Crippen MR) is 95.8 cm³/mol. The number of methoxy groups -OCH3 is 1. The summed E-state index contributed by atoms with van der Waals surface area (Å²) in [6.07, 6.45) is 0.607. The van der Waals surface area contributed by atoms with Gasteiger partial charge in [-0.3, -0.25) is 4.79 Å².